The Kier molecular flexibility index (Phi) is 4.28. The van der Waals surface area contributed by atoms with Gasteiger partial charge in [0, 0.05) is 23.9 Å². The van der Waals surface area contributed by atoms with Crippen molar-refractivity contribution in [3.05, 3.63) is 77.1 Å². The smallest absolute Gasteiger partial charge is 0.285 e. The van der Waals surface area contributed by atoms with Gasteiger partial charge < -0.3 is 4.90 Å². The van der Waals surface area contributed by atoms with Crippen molar-refractivity contribution < 1.29 is 18.8 Å². The van der Waals surface area contributed by atoms with E-state index >= 15 is 4.39 Å². The second-order valence-electron chi connectivity index (χ2n) is 7.34. The molecule has 6 heteroatoms. The molecule has 5 nitrogen and oxygen atoms in total. The zero-order valence-corrected chi connectivity index (χ0v) is 15.7. The lowest BCUT2D eigenvalue weighted by Gasteiger charge is -2.28. The molecular formula is C23H19FN2O3. The standard InChI is InChI=1S/C23H19FN2O3/c24-19-13-18-20-16(21(19)25-11-4-5-12-25)9-6-10-17(20)22(27)26(23(18)28)29-14-15-7-2-1-3-8-15/h1-3,6-10,13H,4-5,11-12,14H2. The van der Waals surface area contributed by atoms with Gasteiger partial charge in [-0.15, -0.1) is 5.06 Å². The molecule has 0 bridgehead atoms. The first-order valence-corrected chi connectivity index (χ1v) is 9.71. The molecule has 0 atom stereocenters. The molecule has 0 radical (unpaired) electrons. The number of benzene rings is 3. The van der Waals surface area contributed by atoms with Crippen LogP contribution in [0.4, 0.5) is 10.1 Å². The van der Waals surface area contributed by atoms with Gasteiger partial charge in [0.1, 0.15) is 12.4 Å². The average Bonchev–Trinajstić information content (AvgIpc) is 3.26. The summed E-state index contributed by atoms with van der Waals surface area (Å²) in [5, 5.41) is 1.85. The maximum Gasteiger partial charge on any atom is 0.285 e. The van der Waals surface area contributed by atoms with E-state index in [-0.39, 0.29) is 12.2 Å². The van der Waals surface area contributed by atoms with Gasteiger partial charge in [0.2, 0.25) is 0 Å². The Morgan fingerprint density at radius 3 is 2.38 bits per heavy atom. The third-order valence-corrected chi connectivity index (χ3v) is 5.54. The van der Waals surface area contributed by atoms with Gasteiger partial charge in [-0.25, -0.2) is 4.39 Å². The van der Waals surface area contributed by atoms with Crippen LogP contribution in [0.5, 0.6) is 0 Å². The van der Waals surface area contributed by atoms with E-state index in [1.807, 2.05) is 35.2 Å². The van der Waals surface area contributed by atoms with Crippen molar-refractivity contribution in [1.29, 1.82) is 0 Å². The molecule has 2 aliphatic heterocycles. The van der Waals surface area contributed by atoms with E-state index in [1.54, 1.807) is 18.2 Å². The van der Waals surface area contributed by atoms with Gasteiger partial charge in [0.25, 0.3) is 11.8 Å². The number of rotatable bonds is 4. The summed E-state index contributed by atoms with van der Waals surface area (Å²) in [4.78, 5) is 33.6. The van der Waals surface area contributed by atoms with Crippen LogP contribution in [0.1, 0.15) is 39.1 Å². The number of hydrogen-bond donors (Lipinski definition) is 0. The van der Waals surface area contributed by atoms with Crippen LogP contribution in [-0.4, -0.2) is 30.0 Å². The second-order valence-corrected chi connectivity index (χ2v) is 7.34. The number of amides is 2. The predicted molar refractivity (Wildman–Crippen MR) is 107 cm³/mol. The fourth-order valence-electron chi connectivity index (χ4n) is 4.19. The Labute approximate surface area is 167 Å². The molecule has 2 heterocycles. The van der Waals surface area contributed by atoms with Crippen molar-refractivity contribution in [2.75, 3.05) is 18.0 Å². The average molecular weight is 390 g/mol. The lowest BCUT2D eigenvalue weighted by Crippen LogP contribution is -2.40. The third kappa shape index (κ3) is 2.87. The molecule has 0 aliphatic carbocycles. The number of imide groups is 1. The normalized spacial score (nSPS) is 16.2. The number of carbonyl (C=O) groups excluding carboxylic acids is 2. The van der Waals surface area contributed by atoms with Gasteiger partial charge in [0.05, 0.1) is 16.8 Å². The number of anilines is 1. The Bertz CT molecular complexity index is 1120. The highest BCUT2D eigenvalue weighted by Gasteiger charge is 2.36. The minimum Gasteiger partial charge on any atom is -0.369 e. The monoisotopic (exact) mass is 390 g/mol. The van der Waals surface area contributed by atoms with Gasteiger partial charge in [-0.05, 0) is 30.5 Å². The Balaban J connectivity index is 1.58. The van der Waals surface area contributed by atoms with E-state index in [9.17, 15) is 9.59 Å². The summed E-state index contributed by atoms with van der Waals surface area (Å²) in [5.41, 5.74) is 1.81. The van der Waals surface area contributed by atoms with E-state index in [0.29, 0.717) is 22.0 Å². The molecule has 2 aliphatic rings. The number of nitrogens with zero attached hydrogens (tertiary/aromatic N) is 2. The minimum absolute atomic E-state index is 0.0674. The highest BCUT2D eigenvalue weighted by Crippen LogP contribution is 2.39. The molecular weight excluding hydrogens is 371 g/mol. The maximum absolute atomic E-state index is 15.1. The molecule has 1 saturated heterocycles. The zero-order chi connectivity index (χ0) is 20.0. The van der Waals surface area contributed by atoms with Crippen molar-refractivity contribution in [3.63, 3.8) is 0 Å². The van der Waals surface area contributed by atoms with Gasteiger partial charge in [-0.2, -0.15) is 0 Å². The molecule has 5 rings (SSSR count). The summed E-state index contributed by atoms with van der Waals surface area (Å²) in [6, 6.07) is 15.7. The molecule has 29 heavy (non-hydrogen) atoms. The maximum atomic E-state index is 15.1. The quantitative estimate of drug-likeness (QED) is 0.623. The topological polar surface area (TPSA) is 49.9 Å². The van der Waals surface area contributed by atoms with E-state index in [2.05, 4.69) is 0 Å². The zero-order valence-electron chi connectivity index (χ0n) is 15.7. The first kappa shape index (κ1) is 17.8. The molecule has 0 saturated carbocycles. The predicted octanol–water partition coefficient (Wildman–Crippen LogP) is 4.31. The molecule has 0 N–H and O–H groups in total. The van der Waals surface area contributed by atoms with Crippen molar-refractivity contribution in [1.82, 2.24) is 5.06 Å². The van der Waals surface area contributed by atoms with Gasteiger partial charge >= 0.3 is 0 Å². The number of hydroxylamine groups is 2. The van der Waals surface area contributed by atoms with E-state index in [0.717, 1.165) is 36.6 Å². The Hall–Kier alpha value is -3.25. The van der Waals surface area contributed by atoms with E-state index in [1.165, 1.54) is 6.07 Å². The van der Waals surface area contributed by atoms with Crippen LogP contribution in [-0.2, 0) is 11.4 Å². The molecule has 3 aromatic carbocycles. The first-order chi connectivity index (χ1) is 14.1. The fraction of sp³-hybridized carbons (Fsp3) is 0.217. The van der Waals surface area contributed by atoms with Crippen LogP contribution in [0.15, 0.2) is 54.6 Å². The highest BCUT2D eigenvalue weighted by molar-refractivity contribution is 6.26. The Morgan fingerprint density at radius 2 is 1.62 bits per heavy atom. The lowest BCUT2D eigenvalue weighted by molar-refractivity contribution is -0.104. The van der Waals surface area contributed by atoms with Crippen molar-refractivity contribution >= 4 is 28.3 Å². The van der Waals surface area contributed by atoms with Crippen LogP contribution in [0.2, 0.25) is 0 Å². The minimum atomic E-state index is -0.637. The summed E-state index contributed by atoms with van der Waals surface area (Å²) in [6.07, 6.45) is 2.00. The molecule has 1 fully saturated rings. The summed E-state index contributed by atoms with van der Waals surface area (Å²) in [7, 11) is 0. The summed E-state index contributed by atoms with van der Waals surface area (Å²) < 4.78 is 15.1. The van der Waals surface area contributed by atoms with Gasteiger partial charge in [-0.3, -0.25) is 14.4 Å². The van der Waals surface area contributed by atoms with Crippen LogP contribution >= 0.6 is 0 Å². The summed E-state index contributed by atoms with van der Waals surface area (Å²) >= 11 is 0. The molecule has 3 aromatic rings. The number of hydrogen-bond acceptors (Lipinski definition) is 4. The first-order valence-electron chi connectivity index (χ1n) is 9.71. The van der Waals surface area contributed by atoms with E-state index in [4.69, 9.17) is 4.84 Å². The van der Waals surface area contributed by atoms with Crippen molar-refractivity contribution in [3.8, 4) is 0 Å². The number of carbonyl (C=O) groups is 2. The number of halogens is 1. The molecule has 0 spiro atoms. The fourth-order valence-corrected chi connectivity index (χ4v) is 4.19. The SMILES string of the molecule is O=C1c2cccc3c(N4CCCC4)c(F)cc(c23)C(=O)N1OCc1ccccc1. The van der Waals surface area contributed by atoms with Gasteiger partial charge in [0.15, 0.2) is 0 Å². The molecule has 0 aromatic heterocycles. The van der Waals surface area contributed by atoms with Crippen LogP contribution in [0.3, 0.4) is 0 Å². The summed E-state index contributed by atoms with van der Waals surface area (Å²) in [5.74, 6) is -1.61. The molecule has 0 unspecified atom stereocenters. The third-order valence-electron chi connectivity index (χ3n) is 5.54. The highest BCUT2D eigenvalue weighted by atomic mass is 19.1. The van der Waals surface area contributed by atoms with Crippen LogP contribution < -0.4 is 4.90 Å². The van der Waals surface area contributed by atoms with E-state index < -0.39 is 17.6 Å². The van der Waals surface area contributed by atoms with Gasteiger partial charge in [-0.1, -0.05) is 42.5 Å². The lowest BCUT2D eigenvalue weighted by atomic mass is 9.93. The van der Waals surface area contributed by atoms with Crippen molar-refractivity contribution in [2.45, 2.75) is 19.4 Å². The van der Waals surface area contributed by atoms with Crippen molar-refractivity contribution in [2.24, 2.45) is 0 Å². The Morgan fingerprint density at radius 1 is 0.897 bits per heavy atom. The molecule has 2 amide bonds. The van der Waals surface area contributed by atoms with Crippen LogP contribution in [0, 0.1) is 5.82 Å². The van der Waals surface area contributed by atoms with Crippen LogP contribution in [0.25, 0.3) is 10.8 Å². The largest absolute Gasteiger partial charge is 0.369 e. The summed E-state index contributed by atoms with van der Waals surface area (Å²) in [6.45, 7) is 1.60. The second kappa shape index (κ2) is 6.97. The molecule has 146 valence electrons.